The number of anilines is 1. The molecule has 0 fully saturated rings. The predicted octanol–water partition coefficient (Wildman–Crippen LogP) is 4.53. The molecule has 0 bridgehead atoms. The van der Waals surface area contributed by atoms with E-state index in [-0.39, 0.29) is 12.3 Å². The second-order valence-corrected chi connectivity index (χ2v) is 7.54. The number of amides is 2. The number of carbonyl (C=O) groups excluding carboxylic acids is 2. The number of hydrogen-bond acceptors (Lipinski definition) is 4. The molecule has 4 aromatic rings. The largest absolute Gasteiger partial charge is 0.306 e. The van der Waals surface area contributed by atoms with E-state index in [0.717, 1.165) is 33.4 Å². The summed E-state index contributed by atoms with van der Waals surface area (Å²) in [7, 11) is 0. The highest BCUT2D eigenvalue weighted by molar-refractivity contribution is 5.95. The van der Waals surface area contributed by atoms with Gasteiger partial charge in [0.25, 0.3) is 5.91 Å². The molecule has 1 aromatic heterocycles. The first-order chi connectivity index (χ1) is 16.1. The van der Waals surface area contributed by atoms with Crippen molar-refractivity contribution in [2.75, 3.05) is 4.90 Å². The number of carbonyl (C=O) groups is 2. The van der Waals surface area contributed by atoms with Gasteiger partial charge in [-0.15, -0.1) is 0 Å². The molecule has 0 saturated carbocycles. The van der Waals surface area contributed by atoms with Crippen LogP contribution in [-0.4, -0.2) is 22.0 Å². The molecule has 164 valence electrons. The van der Waals surface area contributed by atoms with Crippen LogP contribution in [-0.2, 0) is 22.6 Å². The monoisotopic (exact) mass is 437 g/mol. The lowest BCUT2D eigenvalue weighted by molar-refractivity contribution is -0.124. The highest BCUT2D eigenvalue weighted by Crippen LogP contribution is 2.20. The number of fused-ring (bicyclic) bond motifs is 1. The first kappa shape index (κ1) is 21.9. The van der Waals surface area contributed by atoms with E-state index in [4.69, 9.17) is 10.2 Å². The zero-order valence-corrected chi connectivity index (χ0v) is 17.9. The molecule has 1 heterocycles. The number of rotatable bonds is 7. The molecule has 3 aromatic carbocycles. The highest BCUT2D eigenvalue weighted by atomic mass is 16.5. The average molecular weight is 437 g/mol. The molecule has 0 spiro atoms. The summed E-state index contributed by atoms with van der Waals surface area (Å²) in [6.45, 7) is 0.366. The maximum absolute atomic E-state index is 13.3. The number of hydroxylamine groups is 1. The third-order valence-electron chi connectivity index (χ3n) is 5.22. The van der Waals surface area contributed by atoms with Crippen LogP contribution in [0.15, 0.2) is 97.1 Å². The minimum atomic E-state index is -0.602. The molecule has 0 aliphatic carbocycles. The van der Waals surface area contributed by atoms with Crippen molar-refractivity contribution < 1.29 is 14.8 Å². The van der Waals surface area contributed by atoms with E-state index in [1.165, 1.54) is 6.08 Å². The van der Waals surface area contributed by atoms with Crippen molar-refractivity contribution in [3.05, 3.63) is 114 Å². The van der Waals surface area contributed by atoms with Crippen LogP contribution in [0.2, 0.25) is 0 Å². The molecule has 0 aliphatic rings. The minimum Gasteiger partial charge on any atom is -0.306 e. The summed E-state index contributed by atoms with van der Waals surface area (Å²) >= 11 is 0. The fourth-order valence-corrected chi connectivity index (χ4v) is 3.52. The lowest BCUT2D eigenvalue weighted by Gasteiger charge is -2.23. The van der Waals surface area contributed by atoms with E-state index < -0.39 is 5.91 Å². The van der Waals surface area contributed by atoms with Gasteiger partial charge in [-0.3, -0.25) is 19.8 Å². The Bertz CT molecular complexity index is 1290. The average Bonchev–Trinajstić information content (AvgIpc) is 2.87. The van der Waals surface area contributed by atoms with Crippen molar-refractivity contribution in [2.24, 2.45) is 0 Å². The lowest BCUT2D eigenvalue weighted by atomic mass is 10.1. The Morgan fingerprint density at radius 2 is 1.61 bits per heavy atom. The number of nitrogens with one attached hydrogen (secondary N) is 1. The number of para-hydroxylation sites is 2. The zero-order valence-electron chi connectivity index (χ0n) is 17.9. The van der Waals surface area contributed by atoms with E-state index in [1.54, 1.807) is 16.5 Å². The molecule has 0 aliphatic heterocycles. The number of aromatic nitrogens is 1. The van der Waals surface area contributed by atoms with Crippen LogP contribution >= 0.6 is 0 Å². The smallest absolute Gasteiger partial charge is 0.267 e. The highest BCUT2D eigenvalue weighted by Gasteiger charge is 2.17. The van der Waals surface area contributed by atoms with Gasteiger partial charge in [-0.1, -0.05) is 66.7 Å². The molecule has 0 atom stereocenters. The molecule has 33 heavy (non-hydrogen) atoms. The van der Waals surface area contributed by atoms with Gasteiger partial charge in [0.1, 0.15) is 0 Å². The fourth-order valence-electron chi connectivity index (χ4n) is 3.52. The lowest BCUT2D eigenvalue weighted by Crippen LogP contribution is -2.32. The Morgan fingerprint density at radius 1 is 0.879 bits per heavy atom. The summed E-state index contributed by atoms with van der Waals surface area (Å²) in [5.41, 5.74) is 5.72. The molecule has 6 heteroatoms. The molecule has 6 nitrogen and oxygen atoms in total. The Labute approximate surface area is 191 Å². The van der Waals surface area contributed by atoms with E-state index in [1.807, 2.05) is 91.0 Å². The summed E-state index contributed by atoms with van der Waals surface area (Å²) in [4.78, 5) is 30.9. The van der Waals surface area contributed by atoms with E-state index in [9.17, 15) is 9.59 Å². The van der Waals surface area contributed by atoms with Gasteiger partial charge < -0.3 is 4.90 Å². The third-order valence-corrected chi connectivity index (χ3v) is 5.22. The van der Waals surface area contributed by atoms with E-state index >= 15 is 0 Å². The molecular formula is C27H23N3O3. The Morgan fingerprint density at radius 3 is 2.36 bits per heavy atom. The third kappa shape index (κ3) is 5.70. The fraction of sp³-hybridized carbons (Fsp3) is 0.0741. The van der Waals surface area contributed by atoms with Crippen LogP contribution < -0.4 is 10.4 Å². The quantitative estimate of drug-likeness (QED) is 0.253. The molecule has 4 rings (SSSR count). The predicted molar refractivity (Wildman–Crippen MR) is 128 cm³/mol. The van der Waals surface area contributed by atoms with Gasteiger partial charge >= 0.3 is 0 Å². The minimum absolute atomic E-state index is 0.0425. The van der Waals surface area contributed by atoms with Gasteiger partial charge in [0, 0.05) is 17.1 Å². The van der Waals surface area contributed by atoms with Crippen LogP contribution in [0.5, 0.6) is 0 Å². The van der Waals surface area contributed by atoms with Crippen LogP contribution in [0.1, 0.15) is 16.8 Å². The van der Waals surface area contributed by atoms with E-state index in [0.29, 0.717) is 6.54 Å². The molecular weight excluding hydrogens is 414 g/mol. The Hall–Kier alpha value is -4.29. The molecule has 2 amide bonds. The number of benzene rings is 3. The summed E-state index contributed by atoms with van der Waals surface area (Å²) in [6.07, 6.45) is 3.04. The van der Waals surface area contributed by atoms with Gasteiger partial charge in [0.15, 0.2) is 0 Å². The zero-order chi connectivity index (χ0) is 23.0. The Kier molecular flexibility index (Phi) is 6.87. The van der Waals surface area contributed by atoms with Crippen LogP contribution in [0, 0.1) is 0 Å². The van der Waals surface area contributed by atoms with Crippen molar-refractivity contribution in [3.8, 4) is 0 Å². The maximum atomic E-state index is 13.3. The van der Waals surface area contributed by atoms with Gasteiger partial charge in [-0.25, -0.2) is 5.48 Å². The maximum Gasteiger partial charge on any atom is 0.267 e. The first-order valence-electron chi connectivity index (χ1n) is 10.5. The summed E-state index contributed by atoms with van der Waals surface area (Å²) in [6, 6.07) is 28.8. The van der Waals surface area contributed by atoms with Crippen LogP contribution in [0.4, 0.5) is 5.69 Å². The SMILES string of the molecule is O=C(/C=C/c1ccc(CC(=O)N(Cc2ccc3ccccc3n2)c2ccccc2)cc1)NO. The topological polar surface area (TPSA) is 82.5 Å². The Balaban J connectivity index is 1.54. The molecule has 0 radical (unpaired) electrons. The van der Waals surface area contributed by atoms with Gasteiger partial charge in [-0.2, -0.15) is 0 Å². The molecule has 0 saturated heterocycles. The van der Waals surface area contributed by atoms with Crippen LogP contribution in [0.3, 0.4) is 0 Å². The van der Waals surface area contributed by atoms with Crippen molar-refractivity contribution in [1.82, 2.24) is 10.5 Å². The molecule has 2 N–H and O–H groups in total. The summed E-state index contributed by atoms with van der Waals surface area (Å²) < 4.78 is 0. The van der Waals surface area contributed by atoms with Crippen LogP contribution in [0.25, 0.3) is 17.0 Å². The number of pyridine rings is 1. The standard InChI is InChI=1S/C27H23N3O3/c31-26(29-33)17-14-20-10-12-21(13-11-20)18-27(32)30(24-7-2-1-3-8-24)19-23-16-15-22-6-4-5-9-25(22)28-23/h1-17,33H,18-19H2,(H,29,31)/b17-14+. The molecule has 0 unspecified atom stereocenters. The van der Waals surface area contributed by atoms with Crippen molar-refractivity contribution in [2.45, 2.75) is 13.0 Å². The number of nitrogens with zero attached hydrogens (tertiary/aromatic N) is 2. The van der Waals surface area contributed by atoms with E-state index in [2.05, 4.69) is 0 Å². The van der Waals surface area contributed by atoms with Gasteiger partial charge in [0.2, 0.25) is 5.91 Å². The number of hydrogen-bond donors (Lipinski definition) is 2. The van der Waals surface area contributed by atoms with Crippen molar-refractivity contribution in [1.29, 1.82) is 0 Å². The van der Waals surface area contributed by atoms with Crippen molar-refractivity contribution >= 4 is 34.5 Å². The summed E-state index contributed by atoms with van der Waals surface area (Å²) in [5, 5.41) is 9.62. The first-order valence-corrected chi connectivity index (χ1v) is 10.5. The second kappa shape index (κ2) is 10.3. The summed E-state index contributed by atoms with van der Waals surface area (Å²) in [5.74, 6) is -0.644. The normalized spacial score (nSPS) is 10.9. The van der Waals surface area contributed by atoms with Gasteiger partial charge in [0.05, 0.1) is 24.2 Å². The van der Waals surface area contributed by atoms with Gasteiger partial charge in [-0.05, 0) is 41.5 Å². The second-order valence-electron chi connectivity index (χ2n) is 7.54. The van der Waals surface area contributed by atoms with Crippen molar-refractivity contribution in [3.63, 3.8) is 0 Å².